The van der Waals surface area contributed by atoms with Gasteiger partial charge in [-0.15, -0.1) is 12.4 Å². The Labute approximate surface area is 183 Å². The number of ether oxygens (including phenoxy) is 1. The number of hydrogen-bond acceptors (Lipinski definition) is 5. The Hall–Kier alpha value is -2.51. The number of carbonyl (C=O) groups is 2. The van der Waals surface area contributed by atoms with E-state index in [-0.39, 0.29) is 36.6 Å². The Morgan fingerprint density at radius 1 is 1.03 bits per heavy atom. The summed E-state index contributed by atoms with van der Waals surface area (Å²) in [6, 6.07) is 10.7. The first-order valence-electron chi connectivity index (χ1n) is 10.3. The van der Waals surface area contributed by atoms with Crippen LogP contribution in [0.3, 0.4) is 0 Å². The van der Waals surface area contributed by atoms with Crippen LogP contribution in [0.4, 0.5) is 5.69 Å². The normalized spacial score (nSPS) is 14.3. The minimum Gasteiger partial charge on any atom is -0.484 e. The van der Waals surface area contributed by atoms with Crippen molar-refractivity contribution in [1.29, 1.82) is 0 Å². The SMILES string of the molecule is Cl.O=C(COc1cccc(NC(=O)c2ccco2)c1)NCCNC1CCCCCC1. The van der Waals surface area contributed by atoms with Crippen molar-refractivity contribution in [1.82, 2.24) is 10.6 Å². The van der Waals surface area contributed by atoms with Crippen LogP contribution in [0.1, 0.15) is 49.1 Å². The molecule has 3 N–H and O–H groups in total. The summed E-state index contributed by atoms with van der Waals surface area (Å²) in [4.78, 5) is 24.0. The number of rotatable bonds is 9. The van der Waals surface area contributed by atoms with Crippen molar-refractivity contribution in [2.45, 2.75) is 44.6 Å². The molecular weight excluding hydrogens is 406 g/mol. The van der Waals surface area contributed by atoms with E-state index in [1.807, 2.05) is 0 Å². The van der Waals surface area contributed by atoms with Gasteiger partial charge in [0.15, 0.2) is 12.4 Å². The highest BCUT2D eigenvalue weighted by atomic mass is 35.5. The smallest absolute Gasteiger partial charge is 0.291 e. The van der Waals surface area contributed by atoms with Gasteiger partial charge < -0.3 is 25.1 Å². The Kier molecular flexibility index (Phi) is 10.2. The minimum atomic E-state index is -0.342. The molecule has 1 saturated carbocycles. The lowest BCUT2D eigenvalue weighted by Crippen LogP contribution is -2.38. The van der Waals surface area contributed by atoms with Gasteiger partial charge in [-0.3, -0.25) is 9.59 Å². The number of amides is 2. The van der Waals surface area contributed by atoms with Gasteiger partial charge in [-0.05, 0) is 37.1 Å². The second-order valence-corrected chi connectivity index (χ2v) is 7.24. The van der Waals surface area contributed by atoms with Crippen molar-refractivity contribution in [3.8, 4) is 5.75 Å². The largest absolute Gasteiger partial charge is 0.484 e. The van der Waals surface area contributed by atoms with Crippen LogP contribution in [0, 0.1) is 0 Å². The topological polar surface area (TPSA) is 92.6 Å². The predicted molar refractivity (Wildman–Crippen MR) is 118 cm³/mol. The zero-order chi connectivity index (χ0) is 20.3. The Balaban J connectivity index is 0.00000320. The van der Waals surface area contributed by atoms with E-state index in [0.717, 1.165) is 6.54 Å². The van der Waals surface area contributed by atoms with Crippen molar-refractivity contribution >= 4 is 29.9 Å². The van der Waals surface area contributed by atoms with E-state index < -0.39 is 0 Å². The van der Waals surface area contributed by atoms with Crippen molar-refractivity contribution in [3.05, 3.63) is 48.4 Å². The molecule has 1 fully saturated rings. The van der Waals surface area contributed by atoms with Crippen LogP contribution in [-0.2, 0) is 4.79 Å². The molecule has 1 aromatic carbocycles. The summed E-state index contributed by atoms with van der Waals surface area (Å²) in [5.41, 5.74) is 0.567. The summed E-state index contributed by atoms with van der Waals surface area (Å²) < 4.78 is 10.6. The van der Waals surface area contributed by atoms with Gasteiger partial charge in [0.1, 0.15) is 5.75 Å². The van der Waals surface area contributed by atoms with E-state index in [9.17, 15) is 9.59 Å². The first kappa shape index (κ1) is 23.8. The standard InChI is InChI=1S/C22H29N3O4.ClH/c26-21(24-13-12-23-17-7-3-1-2-4-8-17)16-29-19-10-5-9-18(15-19)25-22(27)20-11-6-14-28-20;/h5-6,9-11,14-15,17,23H,1-4,7-8,12-13,16H2,(H,24,26)(H,25,27);1H. The van der Waals surface area contributed by atoms with Gasteiger partial charge in [0.25, 0.3) is 11.8 Å². The summed E-state index contributed by atoms with van der Waals surface area (Å²) in [6.45, 7) is 1.28. The molecule has 3 rings (SSSR count). The Morgan fingerprint density at radius 3 is 2.57 bits per heavy atom. The van der Waals surface area contributed by atoms with Gasteiger partial charge in [0.2, 0.25) is 0 Å². The van der Waals surface area contributed by atoms with Crippen molar-refractivity contribution in [2.24, 2.45) is 0 Å². The first-order chi connectivity index (χ1) is 14.2. The van der Waals surface area contributed by atoms with Crippen molar-refractivity contribution < 1.29 is 18.7 Å². The van der Waals surface area contributed by atoms with E-state index in [0.29, 0.717) is 24.0 Å². The quantitative estimate of drug-likeness (QED) is 0.412. The summed E-state index contributed by atoms with van der Waals surface area (Å²) in [6.07, 6.45) is 9.14. The molecule has 0 unspecified atom stereocenters. The number of nitrogens with one attached hydrogen (secondary N) is 3. The lowest BCUT2D eigenvalue weighted by atomic mass is 10.1. The predicted octanol–water partition coefficient (Wildman–Crippen LogP) is 3.76. The molecule has 30 heavy (non-hydrogen) atoms. The van der Waals surface area contributed by atoms with Gasteiger partial charge in [-0.25, -0.2) is 0 Å². The third-order valence-electron chi connectivity index (χ3n) is 4.94. The van der Waals surface area contributed by atoms with Crippen LogP contribution < -0.4 is 20.7 Å². The maximum absolute atomic E-state index is 12.0. The van der Waals surface area contributed by atoms with Crippen LogP contribution in [0.2, 0.25) is 0 Å². The fourth-order valence-electron chi connectivity index (χ4n) is 3.43. The molecule has 164 valence electrons. The molecular formula is C22H30ClN3O4. The lowest BCUT2D eigenvalue weighted by Gasteiger charge is -2.16. The molecule has 1 heterocycles. The van der Waals surface area contributed by atoms with Crippen molar-refractivity contribution in [3.63, 3.8) is 0 Å². The molecule has 0 radical (unpaired) electrons. The molecule has 0 atom stereocenters. The summed E-state index contributed by atoms with van der Waals surface area (Å²) in [5.74, 6) is 0.228. The number of furan rings is 1. The van der Waals surface area contributed by atoms with Crippen LogP contribution in [0.5, 0.6) is 5.75 Å². The average Bonchev–Trinajstić information content (AvgIpc) is 3.15. The summed E-state index contributed by atoms with van der Waals surface area (Å²) in [7, 11) is 0. The van der Waals surface area contributed by atoms with Gasteiger partial charge in [-0.1, -0.05) is 31.7 Å². The van der Waals surface area contributed by atoms with Gasteiger partial charge in [-0.2, -0.15) is 0 Å². The van der Waals surface area contributed by atoms with Crippen molar-refractivity contribution in [2.75, 3.05) is 25.0 Å². The van der Waals surface area contributed by atoms with Gasteiger partial charge in [0.05, 0.1) is 6.26 Å². The Bertz CT molecular complexity index is 774. The van der Waals surface area contributed by atoms with Crippen LogP contribution in [-0.4, -0.2) is 37.6 Å². The first-order valence-corrected chi connectivity index (χ1v) is 10.3. The molecule has 0 saturated heterocycles. The van der Waals surface area contributed by atoms with E-state index in [1.54, 1.807) is 36.4 Å². The summed E-state index contributed by atoms with van der Waals surface area (Å²) in [5, 5.41) is 9.12. The molecule has 1 aliphatic rings. The second kappa shape index (κ2) is 12.9. The number of halogens is 1. The van der Waals surface area contributed by atoms with E-state index >= 15 is 0 Å². The number of anilines is 1. The molecule has 0 bridgehead atoms. The third kappa shape index (κ3) is 8.08. The minimum absolute atomic E-state index is 0. The fraction of sp³-hybridized carbons (Fsp3) is 0.455. The van der Waals surface area contributed by atoms with E-state index in [1.165, 1.54) is 44.8 Å². The molecule has 7 nitrogen and oxygen atoms in total. The van der Waals surface area contributed by atoms with Crippen LogP contribution in [0.15, 0.2) is 47.1 Å². The molecule has 1 aliphatic carbocycles. The zero-order valence-electron chi connectivity index (χ0n) is 17.0. The maximum Gasteiger partial charge on any atom is 0.291 e. The number of benzene rings is 1. The van der Waals surface area contributed by atoms with Gasteiger partial charge in [0, 0.05) is 30.9 Å². The monoisotopic (exact) mass is 435 g/mol. The highest BCUT2D eigenvalue weighted by Gasteiger charge is 2.12. The Morgan fingerprint density at radius 2 is 1.83 bits per heavy atom. The third-order valence-corrected chi connectivity index (χ3v) is 4.94. The molecule has 2 amide bonds. The molecule has 0 spiro atoms. The number of carbonyl (C=O) groups excluding carboxylic acids is 2. The second-order valence-electron chi connectivity index (χ2n) is 7.24. The maximum atomic E-state index is 12.0. The molecule has 2 aromatic rings. The molecule has 0 aliphatic heterocycles. The average molecular weight is 436 g/mol. The lowest BCUT2D eigenvalue weighted by molar-refractivity contribution is -0.123. The molecule has 8 heteroatoms. The zero-order valence-corrected chi connectivity index (χ0v) is 17.8. The molecule has 1 aromatic heterocycles. The fourth-order valence-corrected chi connectivity index (χ4v) is 3.43. The number of hydrogen-bond donors (Lipinski definition) is 3. The van der Waals surface area contributed by atoms with E-state index in [4.69, 9.17) is 9.15 Å². The highest BCUT2D eigenvalue weighted by Crippen LogP contribution is 2.18. The van der Waals surface area contributed by atoms with E-state index in [2.05, 4.69) is 16.0 Å². The summed E-state index contributed by atoms with van der Waals surface area (Å²) >= 11 is 0. The van der Waals surface area contributed by atoms with Crippen LogP contribution in [0.25, 0.3) is 0 Å². The highest BCUT2D eigenvalue weighted by molar-refractivity contribution is 6.02. The van der Waals surface area contributed by atoms with Gasteiger partial charge >= 0.3 is 0 Å². The van der Waals surface area contributed by atoms with Crippen LogP contribution >= 0.6 is 12.4 Å².